The molecule has 23 heavy (non-hydrogen) atoms. The average Bonchev–Trinajstić information content (AvgIpc) is 2.59. The van der Waals surface area contributed by atoms with Gasteiger partial charge in [0, 0.05) is 14.2 Å². The maximum Gasteiger partial charge on any atom is 0.209 e. The second kappa shape index (κ2) is 6.60. The molecule has 1 aliphatic rings. The van der Waals surface area contributed by atoms with Gasteiger partial charge < -0.3 is 18.9 Å². The van der Waals surface area contributed by atoms with Crippen LogP contribution in [0.3, 0.4) is 0 Å². The first-order valence-electron chi connectivity index (χ1n) is 7.67. The van der Waals surface area contributed by atoms with E-state index in [-0.39, 0.29) is 18.5 Å². The number of benzene rings is 2. The molecule has 0 bridgehead atoms. The Bertz CT molecular complexity index is 653. The van der Waals surface area contributed by atoms with Crippen LogP contribution >= 0.6 is 0 Å². The quantitative estimate of drug-likeness (QED) is 0.791. The number of rotatable bonds is 5. The lowest BCUT2D eigenvalue weighted by molar-refractivity contribution is -0.112. The van der Waals surface area contributed by atoms with Crippen LogP contribution < -0.4 is 9.47 Å². The monoisotopic (exact) mass is 314 g/mol. The van der Waals surface area contributed by atoms with Gasteiger partial charge in [-0.2, -0.15) is 0 Å². The molecule has 122 valence electrons. The third-order valence-electron chi connectivity index (χ3n) is 4.36. The van der Waals surface area contributed by atoms with Crippen molar-refractivity contribution in [1.29, 1.82) is 0 Å². The van der Waals surface area contributed by atoms with E-state index in [2.05, 4.69) is 25.1 Å². The number of ether oxygens (including phenoxy) is 4. The summed E-state index contributed by atoms with van der Waals surface area (Å²) in [7, 11) is 3.29. The molecule has 1 heterocycles. The zero-order chi connectivity index (χ0) is 16.3. The van der Waals surface area contributed by atoms with Gasteiger partial charge in [0.25, 0.3) is 0 Å². The number of hydrogen-bond acceptors (Lipinski definition) is 4. The van der Waals surface area contributed by atoms with Crippen LogP contribution in [0.1, 0.15) is 18.1 Å². The summed E-state index contributed by atoms with van der Waals surface area (Å²) in [5, 5.41) is 0. The second-order valence-corrected chi connectivity index (χ2v) is 5.96. The Morgan fingerprint density at radius 2 is 1.83 bits per heavy atom. The van der Waals surface area contributed by atoms with Crippen molar-refractivity contribution >= 4 is 0 Å². The molecule has 2 aromatic rings. The third kappa shape index (κ3) is 3.05. The van der Waals surface area contributed by atoms with Gasteiger partial charge in [-0.25, -0.2) is 0 Å². The molecule has 2 unspecified atom stereocenters. The zero-order valence-electron chi connectivity index (χ0n) is 13.7. The Balaban J connectivity index is 1.90. The third-order valence-corrected chi connectivity index (χ3v) is 4.36. The van der Waals surface area contributed by atoms with E-state index in [9.17, 15) is 0 Å². The van der Waals surface area contributed by atoms with Crippen molar-refractivity contribution in [3.63, 3.8) is 0 Å². The van der Waals surface area contributed by atoms with Crippen LogP contribution in [-0.2, 0) is 21.3 Å². The minimum Gasteiger partial charge on any atom is -0.468 e. The van der Waals surface area contributed by atoms with Gasteiger partial charge in [0.2, 0.25) is 6.29 Å². The summed E-state index contributed by atoms with van der Waals surface area (Å²) in [5.74, 6) is 1.68. The summed E-state index contributed by atoms with van der Waals surface area (Å²) < 4.78 is 22.1. The molecule has 4 heteroatoms. The first-order chi connectivity index (χ1) is 11.2. The van der Waals surface area contributed by atoms with E-state index in [0.717, 1.165) is 23.5 Å². The number of para-hydroxylation sites is 1. The van der Waals surface area contributed by atoms with E-state index in [1.54, 1.807) is 14.2 Å². The van der Waals surface area contributed by atoms with Crippen LogP contribution in [-0.4, -0.2) is 27.3 Å². The van der Waals surface area contributed by atoms with E-state index < -0.39 is 0 Å². The summed E-state index contributed by atoms with van der Waals surface area (Å²) in [6.07, 6.45) is 0.531. The smallest absolute Gasteiger partial charge is 0.209 e. The second-order valence-electron chi connectivity index (χ2n) is 5.96. The Morgan fingerprint density at radius 3 is 2.52 bits per heavy atom. The highest BCUT2D eigenvalue weighted by atomic mass is 16.7. The van der Waals surface area contributed by atoms with Crippen molar-refractivity contribution in [2.45, 2.75) is 25.0 Å². The molecule has 0 fully saturated rings. The lowest BCUT2D eigenvalue weighted by Gasteiger charge is -2.41. The molecule has 3 rings (SSSR count). The largest absolute Gasteiger partial charge is 0.468 e. The fourth-order valence-corrected chi connectivity index (χ4v) is 3.09. The molecule has 2 aromatic carbocycles. The van der Waals surface area contributed by atoms with E-state index in [1.165, 1.54) is 5.56 Å². The van der Waals surface area contributed by atoms with Crippen LogP contribution in [0.15, 0.2) is 48.5 Å². The van der Waals surface area contributed by atoms with Crippen LogP contribution in [0.25, 0.3) is 0 Å². The van der Waals surface area contributed by atoms with Crippen molar-refractivity contribution in [3.05, 3.63) is 59.7 Å². The number of methoxy groups -OCH3 is 2. The van der Waals surface area contributed by atoms with E-state index in [1.807, 2.05) is 30.3 Å². The maximum atomic E-state index is 6.07. The van der Waals surface area contributed by atoms with Crippen LogP contribution in [0, 0.1) is 0 Å². The Hall–Kier alpha value is -2.04. The topological polar surface area (TPSA) is 36.9 Å². The fourth-order valence-electron chi connectivity index (χ4n) is 3.09. The molecule has 4 nitrogen and oxygen atoms in total. The number of hydrogen-bond donors (Lipinski definition) is 0. The van der Waals surface area contributed by atoms with Gasteiger partial charge in [-0.05, 0) is 42.7 Å². The highest BCUT2D eigenvalue weighted by Crippen LogP contribution is 2.41. The highest BCUT2D eigenvalue weighted by molar-refractivity contribution is 5.42. The first kappa shape index (κ1) is 15.8. The van der Waals surface area contributed by atoms with Crippen molar-refractivity contribution < 1.29 is 18.9 Å². The maximum absolute atomic E-state index is 6.07. The van der Waals surface area contributed by atoms with E-state index >= 15 is 0 Å². The Kier molecular flexibility index (Phi) is 4.55. The van der Waals surface area contributed by atoms with Gasteiger partial charge in [0.15, 0.2) is 6.79 Å². The SMILES string of the molecule is COCOc1ccc(C2(C)Cc3ccccc3OC2OC)cc1. The van der Waals surface area contributed by atoms with Gasteiger partial charge in [0.05, 0.1) is 5.41 Å². The minimum atomic E-state index is -0.330. The predicted molar refractivity (Wildman–Crippen MR) is 87.9 cm³/mol. The van der Waals surface area contributed by atoms with Gasteiger partial charge in [-0.1, -0.05) is 30.3 Å². The summed E-state index contributed by atoms with van der Waals surface area (Å²) >= 11 is 0. The van der Waals surface area contributed by atoms with E-state index in [0.29, 0.717) is 0 Å². The van der Waals surface area contributed by atoms with Crippen molar-refractivity contribution in [3.8, 4) is 11.5 Å². The highest BCUT2D eigenvalue weighted by Gasteiger charge is 2.42. The summed E-state index contributed by atoms with van der Waals surface area (Å²) in [4.78, 5) is 0. The summed E-state index contributed by atoms with van der Waals surface area (Å²) in [6, 6.07) is 16.1. The molecule has 0 spiro atoms. The Morgan fingerprint density at radius 1 is 1.09 bits per heavy atom. The first-order valence-corrected chi connectivity index (χ1v) is 7.67. The molecule has 0 saturated carbocycles. The van der Waals surface area contributed by atoms with Crippen LogP contribution in [0.2, 0.25) is 0 Å². The van der Waals surface area contributed by atoms with Crippen molar-refractivity contribution in [2.24, 2.45) is 0 Å². The Labute approximate surface area is 136 Å². The summed E-state index contributed by atoms with van der Waals surface area (Å²) in [5.41, 5.74) is 2.09. The van der Waals surface area contributed by atoms with Gasteiger partial charge in [0.1, 0.15) is 11.5 Å². The molecule has 0 saturated heterocycles. The zero-order valence-corrected chi connectivity index (χ0v) is 13.7. The van der Waals surface area contributed by atoms with E-state index in [4.69, 9.17) is 18.9 Å². The predicted octanol–water partition coefficient (Wildman–Crippen LogP) is 3.53. The normalized spacial score (nSPS) is 23.0. The fraction of sp³-hybridized carbons (Fsp3) is 0.368. The lowest BCUT2D eigenvalue weighted by atomic mass is 9.75. The molecule has 0 aromatic heterocycles. The van der Waals surface area contributed by atoms with Crippen molar-refractivity contribution in [2.75, 3.05) is 21.0 Å². The molecule has 0 aliphatic carbocycles. The molecule has 0 amide bonds. The summed E-state index contributed by atoms with van der Waals surface area (Å²) in [6.45, 7) is 2.41. The molecular formula is C19H22O4. The van der Waals surface area contributed by atoms with Gasteiger partial charge in [-0.15, -0.1) is 0 Å². The molecule has 0 N–H and O–H groups in total. The minimum absolute atomic E-state index is 0.244. The van der Waals surface area contributed by atoms with Crippen LogP contribution in [0.4, 0.5) is 0 Å². The van der Waals surface area contributed by atoms with Crippen molar-refractivity contribution in [1.82, 2.24) is 0 Å². The molecule has 2 atom stereocenters. The van der Waals surface area contributed by atoms with Gasteiger partial charge >= 0.3 is 0 Å². The molecule has 0 radical (unpaired) electrons. The standard InChI is InChI=1S/C19H22O4/c1-19(15-8-10-16(11-9-15)22-13-20-2)12-14-6-4-5-7-17(14)23-18(19)21-3/h4-11,18H,12-13H2,1-3H3. The lowest BCUT2D eigenvalue weighted by Crippen LogP contribution is -2.46. The van der Waals surface area contributed by atoms with Gasteiger partial charge in [-0.3, -0.25) is 0 Å². The average molecular weight is 314 g/mol. The van der Waals surface area contributed by atoms with Crippen LogP contribution in [0.5, 0.6) is 11.5 Å². The molecule has 1 aliphatic heterocycles. The molecular weight excluding hydrogens is 292 g/mol. The number of fused-ring (bicyclic) bond motifs is 1.